The van der Waals surface area contributed by atoms with E-state index in [0.717, 1.165) is 60.8 Å². The van der Waals surface area contributed by atoms with E-state index in [9.17, 15) is 4.79 Å². The van der Waals surface area contributed by atoms with E-state index in [0.29, 0.717) is 23.2 Å². The number of hydrogen-bond acceptors (Lipinski definition) is 8. The normalized spacial score (nSPS) is 15.7. The molecule has 0 saturated carbocycles. The van der Waals surface area contributed by atoms with Crippen LogP contribution in [-0.4, -0.2) is 69.1 Å². The van der Waals surface area contributed by atoms with Crippen LogP contribution < -0.4 is 19.1 Å². The number of morpholine rings is 1. The summed E-state index contributed by atoms with van der Waals surface area (Å²) in [6.45, 7) is 5.17. The van der Waals surface area contributed by atoms with Crippen LogP contribution in [0.5, 0.6) is 17.2 Å². The number of hydrogen-bond donors (Lipinski definition) is 0. The molecule has 2 aromatic carbocycles. The number of nitrogens with zero attached hydrogens (tertiary/aromatic N) is 3. The lowest BCUT2D eigenvalue weighted by molar-refractivity contribution is -0.118. The van der Waals surface area contributed by atoms with E-state index in [1.807, 2.05) is 41.3 Å². The number of fused-ring (bicyclic) bond motifs is 2. The Labute approximate surface area is 196 Å². The van der Waals surface area contributed by atoms with Crippen LogP contribution in [0.2, 0.25) is 0 Å². The minimum absolute atomic E-state index is 0.0156. The van der Waals surface area contributed by atoms with E-state index in [1.165, 1.54) is 11.3 Å². The summed E-state index contributed by atoms with van der Waals surface area (Å²) in [6, 6.07) is 11.4. The number of rotatable bonds is 8. The van der Waals surface area contributed by atoms with E-state index in [4.69, 9.17) is 23.9 Å². The number of thiazole rings is 1. The zero-order valence-corrected chi connectivity index (χ0v) is 19.4. The van der Waals surface area contributed by atoms with Gasteiger partial charge in [-0.05, 0) is 42.3 Å². The molecule has 0 aliphatic carbocycles. The van der Waals surface area contributed by atoms with Crippen LogP contribution in [-0.2, 0) is 16.0 Å². The Balaban J connectivity index is 1.34. The largest absolute Gasteiger partial charge is 0.497 e. The summed E-state index contributed by atoms with van der Waals surface area (Å²) in [4.78, 5) is 22.4. The summed E-state index contributed by atoms with van der Waals surface area (Å²) in [7, 11) is 1.65. The SMILES string of the molecule is COc1ccc2nc(N(CCCN3CCOCC3)C(=O)Cc3ccc4c(c3)OCO4)sc2c1. The maximum atomic E-state index is 13.5. The van der Waals surface area contributed by atoms with Gasteiger partial charge >= 0.3 is 0 Å². The fourth-order valence-corrected chi connectivity index (χ4v) is 5.10. The van der Waals surface area contributed by atoms with Crippen LogP contribution in [0.4, 0.5) is 5.13 Å². The minimum atomic E-state index is 0.0156. The summed E-state index contributed by atoms with van der Waals surface area (Å²) >= 11 is 1.52. The van der Waals surface area contributed by atoms with Crippen LogP contribution in [0, 0.1) is 0 Å². The average molecular weight is 470 g/mol. The van der Waals surface area contributed by atoms with Gasteiger partial charge in [0.1, 0.15) is 5.75 Å². The lowest BCUT2D eigenvalue weighted by Gasteiger charge is -2.27. The first kappa shape index (κ1) is 21.9. The number of ether oxygens (including phenoxy) is 4. The molecule has 3 heterocycles. The van der Waals surface area contributed by atoms with Crippen molar-refractivity contribution in [1.29, 1.82) is 0 Å². The van der Waals surface area contributed by atoms with Gasteiger partial charge in [-0.25, -0.2) is 4.98 Å². The molecule has 1 saturated heterocycles. The third-order valence-corrected chi connectivity index (χ3v) is 6.91. The fraction of sp³-hybridized carbons (Fsp3) is 0.417. The molecule has 2 aliphatic heterocycles. The monoisotopic (exact) mass is 469 g/mol. The molecule has 5 rings (SSSR count). The molecule has 3 aromatic rings. The highest BCUT2D eigenvalue weighted by Crippen LogP contribution is 2.34. The first-order valence-corrected chi connectivity index (χ1v) is 11.9. The molecule has 0 atom stereocenters. The molecule has 0 N–H and O–H groups in total. The summed E-state index contributed by atoms with van der Waals surface area (Å²) in [6.07, 6.45) is 1.14. The second-order valence-corrected chi connectivity index (χ2v) is 9.06. The van der Waals surface area contributed by atoms with E-state index >= 15 is 0 Å². The highest BCUT2D eigenvalue weighted by atomic mass is 32.1. The number of anilines is 1. The Kier molecular flexibility index (Phi) is 6.61. The number of carbonyl (C=O) groups is 1. The third-order valence-electron chi connectivity index (χ3n) is 5.87. The number of methoxy groups -OCH3 is 1. The standard InChI is InChI=1S/C24H27N3O5S/c1-29-18-4-5-19-22(15-18)33-24(25-19)27(8-2-7-26-9-11-30-12-10-26)23(28)14-17-3-6-20-21(13-17)32-16-31-20/h3-6,13,15H,2,7-12,14,16H2,1H3. The van der Waals surface area contributed by atoms with Gasteiger partial charge in [-0.2, -0.15) is 0 Å². The molecule has 33 heavy (non-hydrogen) atoms. The van der Waals surface area contributed by atoms with Gasteiger partial charge < -0.3 is 18.9 Å². The Bertz CT molecular complexity index is 1130. The van der Waals surface area contributed by atoms with Crippen molar-refractivity contribution in [2.75, 3.05) is 58.2 Å². The van der Waals surface area contributed by atoms with Crippen LogP contribution >= 0.6 is 11.3 Å². The minimum Gasteiger partial charge on any atom is -0.497 e. The number of benzene rings is 2. The number of carbonyl (C=O) groups excluding carboxylic acids is 1. The van der Waals surface area contributed by atoms with Crippen molar-refractivity contribution >= 4 is 32.6 Å². The van der Waals surface area contributed by atoms with E-state index in [1.54, 1.807) is 7.11 Å². The van der Waals surface area contributed by atoms with E-state index < -0.39 is 0 Å². The molecule has 1 fully saturated rings. The topological polar surface area (TPSA) is 73.4 Å². The van der Waals surface area contributed by atoms with Crippen LogP contribution in [0.3, 0.4) is 0 Å². The smallest absolute Gasteiger partial charge is 0.233 e. The predicted molar refractivity (Wildman–Crippen MR) is 127 cm³/mol. The molecule has 174 valence electrons. The van der Waals surface area contributed by atoms with E-state index in [2.05, 4.69) is 4.90 Å². The Hall–Kier alpha value is -2.88. The zero-order valence-electron chi connectivity index (χ0n) is 18.6. The predicted octanol–water partition coefficient (Wildman–Crippen LogP) is 3.33. The van der Waals surface area contributed by atoms with Crippen molar-refractivity contribution in [1.82, 2.24) is 9.88 Å². The molecular formula is C24H27N3O5S. The van der Waals surface area contributed by atoms with E-state index in [-0.39, 0.29) is 19.1 Å². The van der Waals surface area contributed by atoms with Gasteiger partial charge in [0.05, 0.1) is 37.0 Å². The van der Waals surface area contributed by atoms with Crippen molar-refractivity contribution in [3.05, 3.63) is 42.0 Å². The Morgan fingerprint density at radius 2 is 2.00 bits per heavy atom. The average Bonchev–Trinajstić information content (AvgIpc) is 3.48. The lowest BCUT2D eigenvalue weighted by atomic mass is 10.1. The lowest BCUT2D eigenvalue weighted by Crippen LogP contribution is -2.39. The maximum Gasteiger partial charge on any atom is 0.233 e. The molecule has 0 bridgehead atoms. The molecule has 8 nitrogen and oxygen atoms in total. The Morgan fingerprint density at radius 1 is 1.15 bits per heavy atom. The second kappa shape index (κ2) is 9.94. The quantitative estimate of drug-likeness (QED) is 0.501. The fourth-order valence-electron chi connectivity index (χ4n) is 4.06. The van der Waals surface area contributed by atoms with Crippen LogP contribution in [0.25, 0.3) is 10.2 Å². The summed E-state index contributed by atoms with van der Waals surface area (Å²) in [5.41, 5.74) is 1.76. The highest BCUT2D eigenvalue weighted by Gasteiger charge is 2.22. The molecule has 0 unspecified atom stereocenters. The third kappa shape index (κ3) is 5.05. The zero-order chi connectivity index (χ0) is 22.6. The molecule has 1 aromatic heterocycles. The second-order valence-electron chi connectivity index (χ2n) is 8.05. The summed E-state index contributed by atoms with van der Waals surface area (Å²) in [5.74, 6) is 2.20. The molecule has 0 spiro atoms. The van der Waals surface area contributed by atoms with Gasteiger partial charge in [-0.15, -0.1) is 0 Å². The van der Waals surface area contributed by atoms with Gasteiger partial charge in [-0.3, -0.25) is 14.6 Å². The molecule has 9 heteroatoms. The van der Waals surface area contributed by atoms with Gasteiger partial charge in [0.2, 0.25) is 12.7 Å². The van der Waals surface area contributed by atoms with Gasteiger partial charge in [-0.1, -0.05) is 17.4 Å². The van der Waals surface area contributed by atoms with Crippen molar-refractivity contribution in [3.8, 4) is 17.2 Å². The molecule has 2 aliphatic rings. The molecular weight excluding hydrogens is 442 g/mol. The highest BCUT2D eigenvalue weighted by molar-refractivity contribution is 7.22. The molecule has 1 amide bonds. The Morgan fingerprint density at radius 3 is 2.85 bits per heavy atom. The maximum absolute atomic E-state index is 13.5. The summed E-state index contributed by atoms with van der Waals surface area (Å²) < 4.78 is 22.7. The first-order valence-electron chi connectivity index (χ1n) is 11.1. The van der Waals surface area contributed by atoms with Gasteiger partial charge in [0.15, 0.2) is 16.6 Å². The summed E-state index contributed by atoms with van der Waals surface area (Å²) in [5, 5.41) is 0.714. The van der Waals surface area contributed by atoms with Crippen molar-refractivity contribution in [2.45, 2.75) is 12.8 Å². The number of aromatic nitrogens is 1. The van der Waals surface area contributed by atoms with Crippen molar-refractivity contribution < 1.29 is 23.7 Å². The number of amides is 1. The van der Waals surface area contributed by atoms with Crippen molar-refractivity contribution in [2.24, 2.45) is 0 Å². The van der Waals surface area contributed by atoms with Crippen molar-refractivity contribution in [3.63, 3.8) is 0 Å². The van der Waals surface area contributed by atoms with Gasteiger partial charge in [0, 0.05) is 26.2 Å². The van der Waals surface area contributed by atoms with Crippen LogP contribution in [0.1, 0.15) is 12.0 Å². The molecule has 0 radical (unpaired) electrons. The first-order chi connectivity index (χ1) is 16.2. The van der Waals surface area contributed by atoms with Gasteiger partial charge in [0.25, 0.3) is 0 Å². The van der Waals surface area contributed by atoms with Crippen LogP contribution in [0.15, 0.2) is 36.4 Å².